The molecule has 16 heavy (non-hydrogen) atoms. The minimum atomic E-state index is 0.387. The van der Waals surface area contributed by atoms with Gasteiger partial charge in [0, 0.05) is 7.05 Å². The van der Waals surface area contributed by atoms with E-state index in [0.29, 0.717) is 17.7 Å². The van der Waals surface area contributed by atoms with Gasteiger partial charge in [0.1, 0.15) is 5.82 Å². The first kappa shape index (κ1) is 12.6. The second kappa shape index (κ2) is 5.54. The molecule has 3 heteroatoms. The van der Waals surface area contributed by atoms with E-state index >= 15 is 0 Å². The highest BCUT2D eigenvalue weighted by Crippen LogP contribution is 2.32. The van der Waals surface area contributed by atoms with Gasteiger partial charge in [-0.25, -0.2) is 4.98 Å². The van der Waals surface area contributed by atoms with Crippen molar-refractivity contribution in [2.75, 3.05) is 18.1 Å². The van der Waals surface area contributed by atoms with E-state index < -0.39 is 0 Å². The van der Waals surface area contributed by atoms with Gasteiger partial charge < -0.3 is 11.1 Å². The van der Waals surface area contributed by atoms with Gasteiger partial charge in [0.25, 0.3) is 0 Å². The van der Waals surface area contributed by atoms with Crippen LogP contribution in [0.15, 0.2) is 24.9 Å². The molecule has 3 nitrogen and oxygen atoms in total. The molecule has 1 heterocycles. The van der Waals surface area contributed by atoms with Gasteiger partial charge in [-0.05, 0) is 29.9 Å². The van der Waals surface area contributed by atoms with Crippen LogP contribution >= 0.6 is 0 Å². The van der Waals surface area contributed by atoms with E-state index in [1.54, 1.807) is 6.20 Å². The third-order valence-corrected chi connectivity index (χ3v) is 2.86. The van der Waals surface area contributed by atoms with Crippen LogP contribution in [-0.4, -0.2) is 12.0 Å². The van der Waals surface area contributed by atoms with Crippen molar-refractivity contribution in [3.63, 3.8) is 0 Å². The molecule has 0 saturated carbocycles. The fourth-order valence-electron chi connectivity index (χ4n) is 1.86. The zero-order chi connectivity index (χ0) is 12.1. The first-order valence-corrected chi connectivity index (χ1v) is 5.64. The number of allylic oxidation sites excluding steroid dienone is 1. The molecule has 0 saturated heterocycles. The third kappa shape index (κ3) is 2.75. The first-order valence-electron chi connectivity index (χ1n) is 5.64. The number of hydrogen-bond donors (Lipinski definition) is 2. The van der Waals surface area contributed by atoms with Gasteiger partial charge in [-0.15, -0.1) is 6.58 Å². The van der Waals surface area contributed by atoms with E-state index in [9.17, 15) is 0 Å². The summed E-state index contributed by atoms with van der Waals surface area (Å²) in [6.07, 6.45) is 4.62. The Morgan fingerprint density at radius 1 is 1.56 bits per heavy atom. The van der Waals surface area contributed by atoms with E-state index in [0.717, 1.165) is 17.7 Å². The van der Waals surface area contributed by atoms with Crippen LogP contribution in [0.2, 0.25) is 0 Å². The molecule has 1 aromatic rings. The van der Waals surface area contributed by atoms with E-state index in [1.165, 1.54) is 0 Å². The molecule has 0 spiro atoms. The van der Waals surface area contributed by atoms with Crippen molar-refractivity contribution in [1.82, 2.24) is 4.98 Å². The molecule has 0 bridgehead atoms. The smallest absolute Gasteiger partial charge is 0.126 e. The average molecular weight is 219 g/mol. The lowest BCUT2D eigenvalue weighted by Crippen LogP contribution is -2.10. The fraction of sp³-hybridized carbons (Fsp3) is 0.462. The van der Waals surface area contributed by atoms with Gasteiger partial charge in [-0.1, -0.05) is 19.9 Å². The molecule has 1 aromatic heterocycles. The van der Waals surface area contributed by atoms with Crippen molar-refractivity contribution >= 4 is 11.5 Å². The molecule has 1 unspecified atom stereocenters. The average Bonchev–Trinajstić information content (AvgIpc) is 2.27. The number of nitrogens with two attached hydrogens (primary N) is 1. The maximum atomic E-state index is 5.94. The second-order valence-electron chi connectivity index (χ2n) is 4.32. The lowest BCUT2D eigenvalue weighted by molar-refractivity contribution is 0.503. The zero-order valence-electron chi connectivity index (χ0n) is 10.3. The molecule has 0 fully saturated rings. The summed E-state index contributed by atoms with van der Waals surface area (Å²) in [6, 6.07) is 2.08. The van der Waals surface area contributed by atoms with Crippen LogP contribution in [-0.2, 0) is 0 Å². The highest BCUT2D eigenvalue weighted by molar-refractivity contribution is 5.52. The predicted molar refractivity (Wildman–Crippen MR) is 70.6 cm³/mol. The molecule has 0 amide bonds. The summed E-state index contributed by atoms with van der Waals surface area (Å²) in [5, 5.41) is 3.09. The normalized spacial score (nSPS) is 12.5. The van der Waals surface area contributed by atoms with Crippen LogP contribution in [0.25, 0.3) is 0 Å². The number of aromatic nitrogens is 1. The molecule has 0 aliphatic carbocycles. The first-order chi connectivity index (χ1) is 7.60. The predicted octanol–water partition coefficient (Wildman–Crippen LogP) is 3.02. The molecule has 0 aliphatic rings. The van der Waals surface area contributed by atoms with Crippen molar-refractivity contribution in [2.24, 2.45) is 5.92 Å². The topological polar surface area (TPSA) is 50.9 Å². The number of anilines is 2. The Morgan fingerprint density at radius 3 is 2.75 bits per heavy atom. The number of nitrogen functional groups attached to an aromatic ring is 1. The highest BCUT2D eigenvalue weighted by Gasteiger charge is 2.18. The fourth-order valence-corrected chi connectivity index (χ4v) is 1.86. The lowest BCUT2D eigenvalue weighted by atomic mass is 9.86. The van der Waals surface area contributed by atoms with Gasteiger partial charge in [0.15, 0.2) is 0 Å². The van der Waals surface area contributed by atoms with E-state index in [2.05, 4.69) is 36.8 Å². The molecule has 1 atom stereocenters. The summed E-state index contributed by atoms with van der Waals surface area (Å²) < 4.78 is 0. The molecular formula is C13H21N3. The van der Waals surface area contributed by atoms with Crippen LogP contribution in [0.5, 0.6) is 0 Å². The van der Waals surface area contributed by atoms with E-state index in [-0.39, 0.29) is 0 Å². The second-order valence-corrected chi connectivity index (χ2v) is 4.32. The summed E-state index contributed by atoms with van der Waals surface area (Å²) in [6.45, 7) is 8.19. The standard InChI is InChI=1S/C13H21N3/c1-5-6-11(9(2)3)12-7-10(15-4)8-16-13(12)14/h5,7-9,11,15H,1,6H2,2-4H3,(H2,14,16). The van der Waals surface area contributed by atoms with Crippen LogP contribution in [0.3, 0.4) is 0 Å². The minimum Gasteiger partial charge on any atom is -0.387 e. The molecule has 3 N–H and O–H groups in total. The largest absolute Gasteiger partial charge is 0.387 e. The number of nitrogens with zero attached hydrogens (tertiary/aromatic N) is 1. The number of nitrogens with one attached hydrogen (secondary N) is 1. The van der Waals surface area contributed by atoms with Crippen LogP contribution < -0.4 is 11.1 Å². The maximum Gasteiger partial charge on any atom is 0.126 e. The van der Waals surface area contributed by atoms with E-state index in [4.69, 9.17) is 5.73 Å². The summed E-state index contributed by atoms with van der Waals surface area (Å²) >= 11 is 0. The zero-order valence-corrected chi connectivity index (χ0v) is 10.3. The monoisotopic (exact) mass is 219 g/mol. The van der Waals surface area contributed by atoms with Gasteiger partial charge in [-0.2, -0.15) is 0 Å². The Hall–Kier alpha value is -1.51. The van der Waals surface area contributed by atoms with Crippen molar-refractivity contribution in [1.29, 1.82) is 0 Å². The third-order valence-electron chi connectivity index (χ3n) is 2.86. The van der Waals surface area contributed by atoms with Crippen molar-refractivity contribution in [2.45, 2.75) is 26.2 Å². The van der Waals surface area contributed by atoms with Gasteiger partial charge in [-0.3, -0.25) is 0 Å². The van der Waals surface area contributed by atoms with Gasteiger partial charge >= 0.3 is 0 Å². The molecule has 1 rings (SSSR count). The Kier molecular flexibility index (Phi) is 4.35. The Labute approximate surface area is 97.8 Å². The summed E-state index contributed by atoms with van der Waals surface area (Å²) in [5.41, 5.74) is 8.05. The summed E-state index contributed by atoms with van der Waals surface area (Å²) in [5.74, 6) is 1.53. The Balaban J connectivity index is 3.11. The van der Waals surface area contributed by atoms with Gasteiger partial charge in [0.05, 0.1) is 11.9 Å². The maximum absolute atomic E-state index is 5.94. The highest BCUT2D eigenvalue weighted by atomic mass is 14.9. The molecule has 88 valence electrons. The van der Waals surface area contributed by atoms with Crippen LogP contribution in [0, 0.1) is 5.92 Å². The molecule has 0 aliphatic heterocycles. The number of hydrogen-bond acceptors (Lipinski definition) is 3. The van der Waals surface area contributed by atoms with Crippen molar-refractivity contribution < 1.29 is 0 Å². The Bertz CT molecular complexity index is 358. The van der Waals surface area contributed by atoms with E-state index in [1.807, 2.05) is 13.1 Å². The van der Waals surface area contributed by atoms with Crippen LogP contribution in [0.4, 0.5) is 11.5 Å². The number of pyridine rings is 1. The van der Waals surface area contributed by atoms with Crippen LogP contribution in [0.1, 0.15) is 31.7 Å². The lowest BCUT2D eigenvalue weighted by Gasteiger charge is -2.21. The van der Waals surface area contributed by atoms with Crippen molar-refractivity contribution in [3.8, 4) is 0 Å². The number of rotatable bonds is 5. The minimum absolute atomic E-state index is 0.387. The molecular weight excluding hydrogens is 198 g/mol. The Morgan fingerprint density at radius 2 is 2.25 bits per heavy atom. The summed E-state index contributed by atoms with van der Waals surface area (Å²) in [7, 11) is 1.88. The van der Waals surface area contributed by atoms with Crippen molar-refractivity contribution in [3.05, 3.63) is 30.5 Å². The SMILES string of the molecule is C=CCC(c1cc(NC)cnc1N)C(C)C. The quantitative estimate of drug-likeness (QED) is 0.748. The molecule has 0 radical (unpaired) electrons. The molecule has 0 aromatic carbocycles. The van der Waals surface area contributed by atoms with Gasteiger partial charge in [0.2, 0.25) is 0 Å². The summed E-state index contributed by atoms with van der Waals surface area (Å²) in [4.78, 5) is 4.22.